The van der Waals surface area contributed by atoms with Crippen LogP contribution < -0.4 is 10.1 Å². The molecule has 0 amide bonds. The van der Waals surface area contributed by atoms with Gasteiger partial charge in [-0.05, 0) is 26.2 Å². The first-order valence-corrected chi connectivity index (χ1v) is 6.11. The lowest BCUT2D eigenvalue weighted by Gasteiger charge is -2.40. The fourth-order valence-electron chi connectivity index (χ4n) is 1.76. The molecule has 0 radical (unpaired) electrons. The SMILES string of the molecule is CCOc1ccnc(NC2(CCl)CCC2)n1. The first kappa shape index (κ1) is 11.5. The van der Waals surface area contributed by atoms with Gasteiger partial charge in [-0.2, -0.15) is 4.98 Å². The molecule has 1 heterocycles. The van der Waals surface area contributed by atoms with Crippen molar-refractivity contribution >= 4 is 17.5 Å². The molecule has 1 fully saturated rings. The molecule has 4 nitrogen and oxygen atoms in total. The Labute approximate surface area is 100 Å². The number of hydrogen-bond acceptors (Lipinski definition) is 4. The zero-order valence-corrected chi connectivity index (χ0v) is 10.1. The number of nitrogens with one attached hydrogen (secondary N) is 1. The van der Waals surface area contributed by atoms with Gasteiger partial charge in [0, 0.05) is 18.1 Å². The second kappa shape index (κ2) is 4.87. The van der Waals surface area contributed by atoms with Gasteiger partial charge in [0.2, 0.25) is 11.8 Å². The monoisotopic (exact) mass is 241 g/mol. The summed E-state index contributed by atoms with van der Waals surface area (Å²) in [5, 5.41) is 3.31. The molecule has 1 N–H and O–H groups in total. The molecule has 0 spiro atoms. The molecule has 1 aliphatic rings. The Morgan fingerprint density at radius 2 is 2.38 bits per heavy atom. The van der Waals surface area contributed by atoms with Gasteiger partial charge in [-0.3, -0.25) is 0 Å². The number of alkyl halides is 1. The van der Waals surface area contributed by atoms with Gasteiger partial charge < -0.3 is 10.1 Å². The molecule has 0 aliphatic heterocycles. The Morgan fingerprint density at radius 1 is 1.56 bits per heavy atom. The largest absolute Gasteiger partial charge is 0.478 e. The van der Waals surface area contributed by atoms with Crippen LogP contribution in [0.5, 0.6) is 5.88 Å². The van der Waals surface area contributed by atoms with E-state index in [2.05, 4.69) is 15.3 Å². The van der Waals surface area contributed by atoms with E-state index in [0.29, 0.717) is 24.3 Å². The summed E-state index contributed by atoms with van der Waals surface area (Å²) in [5.74, 6) is 1.80. The van der Waals surface area contributed by atoms with E-state index in [0.717, 1.165) is 12.8 Å². The average Bonchev–Trinajstić information content (AvgIpc) is 2.25. The highest BCUT2D eigenvalue weighted by atomic mass is 35.5. The van der Waals surface area contributed by atoms with Crippen LogP contribution in [0.15, 0.2) is 12.3 Å². The van der Waals surface area contributed by atoms with E-state index in [1.807, 2.05) is 6.92 Å². The summed E-state index contributed by atoms with van der Waals surface area (Å²) < 4.78 is 5.32. The topological polar surface area (TPSA) is 47.0 Å². The first-order chi connectivity index (χ1) is 7.78. The van der Waals surface area contributed by atoms with Crippen molar-refractivity contribution in [3.05, 3.63) is 12.3 Å². The summed E-state index contributed by atoms with van der Waals surface area (Å²) in [6, 6.07) is 1.75. The van der Waals surface area contributed by atoms with Crippen LogP contribution in [0.4, 0.5) is 5.95 Å². The summed E-state index contributed by atoms with van der Waals surface area (Å²) in [6.07, 6.45) is 5.07. The molecular weight excluding hydrogens is 226 g/mol. The van der Waals surface area contributed by atoms with Crippen molar-refractivity contribution in [1.82, 2.24) is 9.97 Å². The van der Waals surface area contributed by atoms with Crippen LogP contribution >= 0.6 is 11.6 Å². The van der Waals surface area contributed by atoms with E-state index < -0.39 is 0 Å². The molecule has 0 unspecified atom stereocenters. The number of anilines is 1. The number of rotatable bonds is 5. The van der Waals surface area contributed by atoms with E-state index in [1.165, 1.54) is 6.42 Å². The second-order valence-electron chi connectivity index (χ2n) is 4.04. The summed E-state index contributed by atoms with van der Waals surface area (Å²) in [4.78, 5) is 8.45. The van der Waals surface area contributed by atoms with Gasteiger partial charge in [0.15, 0.2) is 0 Å². The number of hydrogen-bond donors (Lipinski definition) is 1. The number of ether oxygens (including phenoxy) is 1. The Kier molecular flexibility index (Phi) is 3.49. The number of nitrogens with zero attached hydrogens (tertiary/aromatic N) is 2. The maximum Gasteiger partial charge on any atom is 0.226 e. The third-order valence-electron chi connectivity index (χ3n) is 2.87. The van der Waals surface area contributed by atoms with Crippen molar-refractivity contribution in [2.45, 2.75) is 31.7 Å². The molecule has 0 bridgehead atoms. The molecule has 1 aromatic rings. The molecule has 1 aliphatic carbocycles. The molecule has 5 heteroatoms. The third-order valence-corrected chi connectivity index (χ3v) is 3.38. The van der Waals surface area contributed by atoms with Gasteiger partial charge in [-0.25, -0.2) is 4.98 Å². The fourth-order valence-corrected chi connectivity index (χ4v) is 2.10. The lowest BCUT2D eigenvalue weighted by molar-refractivity contribution is 0.306. The Hall–Kier alpha value is -1.03. The molecule has 1 aromatic heterocycles. The highest BCUT2D eigenvalue weighted by Crippen LogP contribution is 2.35. The molecule has 88 valence electrons. The van der Waals surface area contributed by atoms with E-state index in [9.17, 15) is 0 Å². The van der Waals surface area contributed by atoms with Gasteiger partial charge in [0.1, 0.15) is 0 Å². The van der Waals surface area contributed by atoms with E-state index >= 15 is 0 Å². The normalized spacial score (nSPS) is 17.6. The van der Waals surface area contributed by atoms with E-state index in [1.54, 1.807) is 12.3 Å². The molecule has 2 rings (SSSR count). The maximum atomic E-state index is 5.96. The Bertz CT molecular complexity index is 349. The summed E-state index contributed by atoms with van der Waals surface area (Å²) in [5.41, 5.74) is -0.00755. The molecule has 16 heavy (non-hydrogen) atoms. The molecular formula is C11H16ClN3O. The molecule has 0 atom stereocenters. The van der Waals surface area contributed by atoms with Crippen LogP contribution in [0, 0.1) is 0 Å². The van der Waals surface area contributed by atoms with E-state index in [-0.39, 0.29) is 5.54 Å². The van der Waals surface area contributed by atoms with Crippen LogP contribution in [-0.4, -0.2) is 28.0 Å². The third kappa shape index (κ3) is 2.38. The standard InChI is InChI=1S/C11H16ClN3O/c1-2-16-9-4-7-13-10(14-9)15-11(8-12)5-3-6-11/h4,7H,2-3,5-6,8H2,1H3,(H,13,14,15). The van der Waals surface area contributed by atoms with Gasteiger partial charge in [-0.1, -0.05) is 0 Å². The average molecular weight is 242 g/mol. The van der Waals surface area contributed by atoms with Crippen molar-refractivity contribution in [3.8, 4) is 5.88 Å². The minimum Gasteiger partial charge on any atom is -0.478 e. The summed E-state index contributed by atoms with van der Waals surface area (Å²) in [6.45, 7) is 2.54. The lowest BCUT2D eigenvalue weighted by atomic mass is 9.78. The van der Waals surface area contributed by atoms with Gasteiger partial charge in [-0.15, -0.1) is 11.6 Å². The van der Waals surface area contributed by atoms with Gasteiger partial charge in [0.25, 0.3) is 0 Å². The van der Waals surface area contributed by atoms with Crippen molar-refractivity contribution in [2.75, 3.05) is 17.8 Å². The van der Waals surface area contributed by atoms with Crippen LogP contribution in [0.3, 0.4) is 0 Å². The van der Waals surface area contributed by atoms with Gasteiger partial charge in [0.05, 0.1) is 12.1 Å². The molecule has 0 saturated heterocycles. The highest BCUT2D eigenvalue weighted by Gasteiger charge is 2.36. The summed E-state index contributed by atoms with van der Waals surface area (Å²) in [7, 11) is 0. The second-order valence-corrected chi connectivity index (χ2v) is 4.31. The van der Waals surface area contributed by atoms with E-state index in [4.69, 9.17) is 16.3 Å². The zero-order valence-electron chi connectivity index (χ0n) is 9.37. The van der Waals surface area contributed by atoms with Gasteiger partial charge >= 0.3 is 0 Å². The minimum atomic E-state index is -0.00755. The molecule has 1 saturated carbocycles. The Balaban J connectivity index is 2.05. The van der Waals surface area contributed by atoms with Crippen LogP contribution in [0.2, 0.25) is 0 Å². The highest BCUT2D eigenvalue weighted by molar-refractivity contribution is 6.18. The first-order valence-electron chi connectivity index (χ1n) is 5.58. The predicted octanol–water partition coefficient (Wildman–Crippen LogP) is 2.45. The van der Waals surface area contributed by atoms with Crippen molar-refractivity contribution in [2.24, 2.45) is 0 Å². The summed E-state index contributed by atoms with van der Waals surface area (Å²) >= 11 is 5.96. The van der Waals surface area contributed by atoms with Crippen LogP contribution in [0.1, 0.15) is 26.2 Å². The Morgan fingerprint density at radius 3 is 2.94 bits per heavy atom. The minimum absolute atomic E-state index is 0.00755. The predicted molar refractivity (Wildman–Crippen MR) is 64.1 cm³/mol. The van der Waals surface area contributed by atoms with Crippen molar-refractivity contribution in [3.63, 3.8) is 0 Å². The van der Waals surface area contributed by atoms with Crippen molar-refractivity contribution in [1.29, 1.82) is 0 Å². The number of aromatic nitrogens is 2. The van der Waals surface area contributed by atoms with Crippen LogP contribution in [-0.2, 0) is 0 Å². The lowest BCUT2D eigenvalue weighted by Crippen LogP contribution is -2.47. The maximum absolute atomic E-state index is 5.96. The quantitative estimate of drug-likeness (QED) is 0.805. The smallest absolute Gasteiger partial charge is 0.226 e. The molecule has 0 aromatic carbocycles. The fraction of sp³-hybridized carbons (Fsp3) is 0.636. The van der Waals surface area contributed by atoms with Crippen LogP contribution in [0.25, 0.3) is 0 Å². The zero-order chi connectivity index (χ0) is 11.4. The number of halogens is 1. The van der Waals surface area contributed by atoms with Crippen molar-refractivity contribution < 1.29 is 4.74 Å².